The van der Waals surface area contributed by atoms with E-state index in [1.165, 1.54) is 6.07 Å². The van der Waals surface area contributed by atoms with Gasteiger partial charge in [-0.1, -0.05) is 36.4 Å². The zero-order valence-electron chi connectivity index (χ0n) is 12.1. The van der Waals surface area contributed by atoms with Crippen molar-refractivity contribution >= 4 is 5.91 Å². The molecule has 0 bridgehead atoms. The first-order chi connectivity index (χ1) is 11.4. The highest BCUT2D eigenvalue weighted by Gasteiger charge is 2.30. The minimum atomic E-state index is -4.40. The molecule has 0 saturated heterocycles. The third-order valence-corrected chi connectivity index (χ3v) is 3.46. The lowest BCUT2D eigenvalue weighted by atomic mass is 10.0. The molecule has 3 aromatic rings. The first kappa shape index (κ1) is 15.7. The maximum Gasteiger partial charge on any atom is 0.416 e. The molecule has 8 heteroatoms. The van der Waals surface area contributed by atoms with Crippen LogP contribution in [-0.4, -0.2) is 21.3 Å². The van der Waals surface area contributed by atoms with Crippen molar-refractivity contribution in [2.45, 2.75) is 6.18 Å². The number of amides is 1. The molecule has 0 aliphatic heterocycles. The molecule has 0 aliphatic carbocycles. The summed E-state index contributed by atoms with van der Waals surface area (Å²) in [5, 5.41) is 9.87. The van der Waals surface area contributed by atoms with Crippen molar-refractivity contribution < 1.29 is 18.0 Å². The summed E-state index contributed by atoms with van der Waals surface area (Å²) in [5.41, 5.74) is 6.41. The molecule has 0 aliphatic rings. The maximum absolute atomic E-state index is 12.8. The highest BCUT2D eigenvalue weighted by Crippen LogP contribution is 2.32. The highest BCUT2D eigenvalue weighted by atomic mass is 19.4. The fraction of sp³-hybridized carbons (Fsp3) is 0.0625. The molecule has 122 valence electrons. The van der Waals surface area contributed by atoms with Gasteiger partial charge in [0.2, 0.25) is 0 Å². The number of hydrogen-bond acceptors (Lipinski definition) is 3. The number of carbonyl (C=O) groups is 1. The molecule has 2 aromatic carbocycles. The zero-order chi connectivity index (χ0) is 17.3. The molecular formula is C16H11F3N4O. The Hall–Kier alpha value is -3.16. The topological polar surface area (TPSA) is 84.7 Å². The second kappa shape index (κ2) is 5.80. The molecule has 1 aromatic heterocycles. The van der Waals surface area contributed by atoms with Gasteiger partial charge in [-0.2, -0.15) is 28.6 Å². The number of benzene rings is 2. The number of hydrogen-bond donors (Lipinski definition) is 2. The van der Waals surface area contributed by atoms with E-state index in [1.807, 2.05) is 0 Å². The Morgan fingerprint density at radius 3 is 2.25 bits per heavy atom. The van der Waals surface area contributed by atoms with Crippen LogP contribution in [0.1, 0.15) is 16.1 Å². The van der Waals surface area contributed by atoms with Crippen LogP contribution in [0.4, 0.5) is 13.2 Å². The Labute approximate surface area is 134 Å². The average Bonchev–Trinajstić information content (AvgIpc) is 3.04. The van der Waals surface area contributed by atoms with Crippen molar-refractivity contribution in [3.63, 3.8) is 0 Å². The molecule has 3 rings (SSSR count). The van der Waals surface area contributed by atoms with E-state index in [2.05, 4.69) is 15.4 Å². The summed E-state index contributed by atoms with van der Waals surface area (Å²) in [6, 6.07) is 11.6. The van der Waals surface area contributed by atoms with Crippen LogP contribution < -0.4 is 5.73 Å². The molecule has 0 atom stereocenters. The highest BCUT2D eigenvalue weighted by molar-refractivity contribution is 5.96. The number of aromatic nitrogens is 3. The van der Waals surface area contributed by atoms with Crippen molar-refractivity contribution in [2.75, 3.05) is 0 Å². The SMILES string of the molecule is NC(=O)c1n[nH]nc1-c1ccc(-c2cccc(C(F)(F)F)c2)cc1. The minimum absolute atomic E-state index is 0.00168. The van der Waals surface area contributed by atoms with Crippen molar-refractivity contribution in [3.05, 3.63) is 59.8 Å². The maximum atomic E-state index is 12.8. The lowest BCUT2D eigenvalue weighted by Gasteiger charge is -2.09. The van der Waals surface area contributed by atoms with E-state index >= 15 is 0 Å². The first-order valence-corrected chi connectivity index (χ1v) is 6.85. The van der Waals surface area contributed by atoms with Gasteiger partial charge in [0.1, 0.15) is 5.69 Å². The Balaban J connectivity index is 1.96. The van der Waals surface area contributed by atoms with E-state index in [4.69, 9.17) is 5.73 Å². The van der Waals surface area contributed by atoms with E-state index in [1.54, 1.807) is 30.3 Å². The second-order valence-corrected chi connectivity index (χ2v) is 5.04. The van der Waals surface area contributed by atoms with Gasteiger partial charge in [0, 0.05) is 5.56 Å². The third-order valence-electron chi connectivity index (χ3n) is 3.46. The number of alkyl halides is 3. The van der Waals surface area contributed by atoms with E-state index in [9.17, 15) is 18.0 Å². The molecule has 24 heavy (non-hydrogen) atoms. The molecule has 3 N–H and O–H groups in total. The van der Waals surface area contributed by atoms with Crippen molar-refractivity contribution in [1.29, 1.82) is 0 Å². The van der Waals surface area contributed by atoms with Crippen LogP contribution in [0.15, 0.2) is 48.5 Å². The number of aromatic amines is 1. The minimum Gasteiger partial charge on any atom is -0.364 e. The lowest BCUT2D eigenvalue weighted by Crippen LogP contribution is -2.12. The fourth-order valence-electron chi connectivity index (χ4n) is 2.30. The number of nitrogens with zero attached hydrogens (tertiary/aromatic N) is 2. The summed E-state index contributed by atoms with van der Waals surface area (Å²) in [7, 11) is 0. The van der Waals surface area contributed by atoms with Crippen LogP contribution in [0.2, 0.25) is 0 Å². The number of H-pyrrole nitrogens is 1. The van der Waals surface area contributed by atoms with Gasteiger partial charge >= 0.3 is 6.18 Å². The first-order valence-electron chi connectivity index (χ1n) is 6.85. The second-order valence-electron chi connectivity index (χ2n) is 5.04. The summed E-state index contributed by atoms with van der Waals surface area (Å²) in [6.45, 7) is 0. The number of primary amides is 1. The Kier molecular flexibility index (Phi) is 3.80. The van der Waals surface area contributed by atoms with Gasteiger partial charge in [-0.25, -0.2) is 0 Å². The smallest absolute Gasteiger partial charge is 0.364 e. The summed E-state index contributed by atoms with van der Waals surface area (Å²) in [5.74, 6) is -0.722. The predicted octanol–water partition coefficient (Wildman–Crippen LogP) is 3.26. The fourth-order valence-corrected chi connectivity index (χ4v) is 2.30. The number of nitrogens with two attached hydrogens (primary N) is 1. The molecule has 0 fully saturated rings. The van der Waals surface area contributed by atoms with Gasteiger partial charge in [-0.05, 0) is 23.3 Å². The Bertz CT molecular complexity index is 885. The standard InChI is InChI=1S/C16H11F3N4O/c17-16(18,19)12-3-1-2-11(8-12)9-4-6-10(7-5-9)13-14(15(20)24)22-23-21-13/h1-8H,(H2,20,24)(H,21,22,23). The molecule has 0 unspecified atom stereocenters. The largest absolute Gasteiger partial charge is 0.416 e. The molecular weight excluding hydrogens is 321 g/mol. The predicted molar refractivity (Wildman–Crippen MR) is 80.8 cm³/mol. The van der Waals surface area contributed by atoms with Gasteiger partial charge in [0.15, 0.2) is 5.69 Å². The van der Waals surface area contributed by atoms with Crippen molar-refractivity contribution in [1.82, 2.24) is 15.4 Å². The van der Waals surface area contributed by atoms with E-state index < -0.39 is 17.6 Å². The van der Waals surface area contributed by atoms with Crippen LogP contribution in [-0.2, 0) is 6.18 Å². The van der Waals surface area contributed by atoms with Crippen LogP contribution in [0, 0.1) is 0 Å². The van der Waals surface area contributed by atoms with E-state index in [0.29, 0.717) is 16.7 Å². The van der Waals surface area contributed by atoms with Gasteiger partial charge in [-0.15, -0.1) is 0 Å². The summed E-state index contributed by atoms with van der Waals surface area (Å²) >= 11 is 0. The van der Waals surface area contributed by atoms with Crippen LogP contribution in [0.5, 0.6) is 0 Å². The summed E-state index contributed by atoms with van der Waals surface area (Å²) < 4.78 is 38.4. The third kappa shape index (κ3) is 2.98. The van der Waals surface area contributed by atoms with Gasteiger partial charge in [-0.3, -0.25) is 4.79 Å². The van der Waals surface area contributed by atoms with Crippen molar-refractivity contribution in [2.24, 2.45) is 5.73 Å². The molecule has 1 heterocycles. The number of halogens is 3. The summed E-state index contributed by atoms with van der Waals surface area (Å²) in [4.78, 5) is 11.3. The normalized spacial score (nSPS) is 11.5. The number of nitrogens with one attached hydrogen (secondary N) is 1. The van der Waals surface area contributed by atoms with Gasteiger partial charge in [0.05, 0.1) is 5.56 Å². The number of rotatable bonds is 3. The van der Waals surface area contributed by atoms with Crippen LogP contribution in [0.3, 0.4) is 0 Å². The van der Waals surface area contributed by atoms with Crippen LogP contribution in [0.25, 0.3) is 22.4 Å². The average molecular weight is 332 g/mol. The van der Waals surface area contributed by atoms with Gasteiger partial charge < -0.3 is 5.73 Å². The lowest BCUT2D eigenvalue weighted by molar-refractivity contribution is -0.137. The molecule has 5 nitrogen and oxygen atoms in total. The summed E-state index contributed by atoms with van der Waals surface area (Å²) in [6.07, 6.45) is -4.40. The van der Waals surface area contributed by atoms with E-state index in [-0.39, 0.29) is 11.4 Å². The molecule has 0 saturated carbocycles. The Morgan fingerprint density at radius 1 is 0.958 bits per heavy atom. The Morgan fingerprint density at radius 2 is 1.62 bits per heavy atom. The van der Waals surface area contributed by atoms with Crippen molar-refractivity contribution in [3.8, 4) is 22.4 Å². The van der Waals surface area contributed by atoms with Crippen LogP contribution >= 0.6 is 0 Å². The van der Waals surface area contributed by atoms with Gasteiger partial charge in [0.25, 0.3) is 5.91 Å². The monoisotopic (exact) mass is 332 g/mol. The van der Waals surface area contributed by atoms with E-state index in [0.717, 1.165) is 12.1 Å². The number of carbonyl (C=O) groups excluding carboxylic acids is 1. The molecule has 0 radical (unpaired) electrons. The quantitative estimate of drug-likeness (QED) is 0.772. The molecule has 1 amide bonds. The molecule has 0 spiro atoms. The zero-order valence-corrected chi connectivity index (χ0v) is 12.1.